The predicted molar refractivity (Wildman–Crippen MR) is 51.6 cm³/mol. The molecular formula is C11H20. The highest BCUT2D eigenvalue weighted by Crippen LogP contribution is 2.07. The van der Waals surface area contributed by atoms with Gasteiger partial charge in [-0.05, 0) is 36.8 Å². The van der Waals surface area contributed by atoms with E-state index in [1.807, 2.05) is 0 Å². The Kier molecular flexibility index (Phi) is 5.97. The first kappa shape index (κ1) is 10.5. The van der Waals surface area contributed by atoms with Crippen LogP contribution in [0.15, 0.2) is 17.9 Å². The molecule has 0 aliphatic rings. The fourth-order valence-corrected chi connectivity index (χ4v) is 0.908. The first-order chi connectivity index (χ1) is 5.20. The molecule has 0 aromatic heterocycles. The Bertz CT molecular complexity index is 132. The van der Waals surface area contributed by atoms with Crippen molar-refractivity contribution in [2.24, 2.45) is 11.8 Å². The monoisotopic (exact) mass is 152 g/mol. The maximum absolute atomic E-state index is 3.24. The van der Waals surface area contributed by atoms with E-state index in [0.717, 1.165) is 5.92 Å². The molecule has 0 aromatic rings. The minimum atomic E-state index is 0.626. The molecule has 0 atom stereocenters. The fraction of sp³-hybridized carbons (Fsp3) is 0.727. The van der Waals surface area contributed by atoms with Crippen LogP contribution in [0, 0.1) is 11.8 Å². The maximum atomic E-state index is 3.24. The molecule has 0 bridgehead atoms. The normalized spacial score (nSPS) is 10.0. The van der Waals surface area contributed by atoms with Crippen LogP contribution in [-0.2, 0) is 0 Å². The molecule has 11 heavy (non-hydrogen) atoms. The van der Waals surface area contributed by atoms with Crippen LogP contribution in [0.1, 0.15) is 40.5 Å². The molecule has 0 aromatic carbocycles. The van der Waals surface area contributed by atoms with Gasteiger partial charge in [0.25, 0.3) is 0 Å². The third-order valence-corrected chi connectivity index (χ3v) is 1.81. The molecule has 0 saturated heterocycles. The lowest BCUT2D eigenvalue weighted by Gasteiger charge is -2.01. The van der Waals surface area contributed by atoms with Gasteiger partial charge < -0.3 is 0 Å². The van der Waals surface area contributed by atoms with E-state index in [-0.39, 0.29) is 0 Å². The smallest absolute Gasteiger partial charge is 0.0163 e. The summed E-state index contributed by atoms with van der Waals surface area (Å²) in [6.07, 6.45) is 6.78. The van der Waals surface area contributed by atoms with E-state index in [4.69, 9.17) is 0 Å². The average Bonchev–Trinajstić information content (AvgIpc) is 1.98. The molecule has 0 unspecified atom stereocenters. The summed E-state index contributed by atoms with van der Waals surface area (Å²) < 4.78 is 0. The minimum absolute atomic E-state index is 0.626. The number of allylic oxidation sites excluding steroid dienone is 1. The fourth-order valence-electron chi connectivity index (χ4n) is 0.908. The van der Waals surface area contributed by atoms with Crippen LogP contribution in [0.4, 0.5) is 0 Å². The minimum Gasteiger partial charge on any atom is -0.129 e. The van der Waals surface area contributed by atoms with E-state index >= 15 is 0 Å². The van der Waals surface area contributed by atoms with Gasteiger partial charge in [0, 0.05) is 0 Å². The molecule has 0 N–H and O–H groups in total. The summed E-state index contributed by atoms with van der Waals surface area (Å²) in [5.74, 6) is 1.35. The lowest BCUT2D eigenvalue weighted by Crippen LogP contribution is -1.88. The van der Waals surface area contributed by atoms with Gasteiger partial charge in [0.1, 0.15) is 0 Å². The summed E-state index contributed by atoms with van der Waals surface area (Å²) in [6.45, 7) is 8.80. The van der Waals surface area contributed by atoms with Crippen LogP contribution in [0.3, 0.4) is 0 Å². The van der Waals surface area contributed by atoms with Crippen molar-refractivity contribution in [3.05, 3.63) is 17.9 Å². The Morgan fingerprint density at radius 3 is 2.00 bits per heavy atom. The van der Waals surface area contributed by atoms with Crippen molar-refractivity contribution in [1.82, 2.24) is 0 Å². The highest BCUT2D eigenvalue weighted by Gasteiger charge is 1.94. The molecular weight excluding hydrogens is 132 g/mol. The molecule has 0 nitrogen and oxygen atoms in total. The average molecular weight is 152 g/mol. The van der Waals surface area contributed by atoms with Gasteiger partial charge in [-0.25, -0.2) is 0 Å². The van der Waals surface area contributed by atoms with E-state index < -0.39 is 0 Å². The second-order valence-electron chi connectivity index (χ2n) is 3.32. The van der Waals surface area contributed by atoms with Crippen molar-refractivity contribution in [3.63, 3.8) is 0 Å². The van der Waals surface area contributed by atoms with Crippen LogP contribution >= 0.6 is 0 Å². The molecule has 64 valence electrons. The Morgan fingerprint density at radius 1 is 1.09 bits per heavy atom. The molecule has 0 aliphatic carbocycles. The summed E-state index contributed by atoms with van der Waals surface area (Å²) in [5.41, 5.74) is 3.24. The largest absolute Gasteiger partial charge is 0.129 e. The van der Waals surface area contributed by atoms with E-state index in [1.54, 1.807) is 0 Å². The van der Waals surface area contributed by atoms with E-state index in [2.05, 4.69) is 45.6 Å². The van der Waals surface area contributed by atoms with Gasteiger partial charge in [0.2, 0.25) is 0 Å². The SMILES string of the molecule is CCC(C=C=CC(C)C)CC. The maximum Gasteiger partial charge on any atom is -0.0163 e. The molecule has 0 saturated carbocycles. The highest BCUT2D eigenvalue weighted by molar-refractivity contribution is 4.90. The third kappa shape index (κ3) is 5.94. The van der Waals surface area contributed by atoms with Gasteiger partial charge in [0.15, 0.2) is 0 Å². The predicted octanol–water partition coefficient (Wildman–Crippen LogP) is 3.79. The van der Waals surface area contributed by atoms with Crippen molar-refractivity contribution in [3.8, 4) is 0 Å². The quantitative estimate of drug-likeness (QED) is 0.538. The molecule has 0 radical (unpaired) electrons. The molecule has 0 heterocycles. The Morgan fingerprint density at radius 2 is 1.64 bits per heavy atom. The van der Waals surface area contributed by atoms with Crippen LogP contribution in [0.2, 0.25) is 0 Å². The Balaban J connectivity index is 3.87. The zero-order valence-corrected chi connectivity index (χ0v) is 8.22. The second-order valence-corrected chi connectivity index (χ2v) is 3.32. The molecule has 0 spiro atoms. The Hall–Kier alpha value is -0.480. The van der Waals surface area contributed by atoms with Gasteiger partial charge >= 0.3 is 0 Å². The van der Waals surface area contributed by atoms with Gasteiger partial charge in [0.05, 0.1) is 0 Å². The van der Waals surface area contributed by atoms with Gasteiger partial charge in [-0.3, -0.25) is 0 Å². The topological polar surface area (TPSA) is 0 Å². The first-order valence-corrected chi connectivity index (χ1v) is 4.63. The van der Waals surface area contributed by atoms with E-state index in [0.29, 0.717) is 5.92 Å². The van der Waals surface area contributed by atoms with Crippen molar-refractivity contribution in [2.45, 2.75) is 40.5 Å². The van der Waals surface area contributed by atoms with Crippen LogP contribution in [0.5, 0.6) is 0 Å². The standard InChI is InChI=1S/C11H20/c1-5-11(6-2)9-7-8-10(3)4/h8-11H,5-6H2,1-4H3. The van der Waals surface area contributed by atoms with Crippen LogP contribution in [-0.4, -0.2) is 0 Å². The van der Waals surface area contributed by atoms with E-state index in [1.165, 1.54) is 12.8 Å². The molecule has 0 amide bonds. The molecule has 0 fully saturated rings. The summed E-state index contributed by atoms with van der Waals surface area (Å²) in [7, 11) is 0. The third-order valence-electron chi connectivity index (χ3n) is 1.81. The van der Waals surface area contributed by atoms with Gasteiger partial charge in [-0.1, -0.05) is 27.7 Å². The molecule has 0 heteroatoms. The zero-order chi connectivity index (χ0) is 8.69. The van der Waals surface area contributed by atoms with Crippen LogP contribution < -0.4 is 0 Å². The van der Waals surface area contributed by atoms with Crippen molar-refractivity contribution < 1.29 is 0 Å². The van der Waals surface area contributed by atoms with Crippen molar-refractivity contribution in [2.75, 3.05) is 0 Å². The molecule has 0 rings (SSSR count). The number of rotatable bonds is 4. The lowest BCUT2D eigenvalue weighted by atomic mass is 10.0. The first-order valence-electron chi connectivity index (χ1n) is 4.63. The summed E-state index contributed by atoms with van der Waals surface area (Å²) in [5, 5.41) is 0. The van der Waals surface area contributed by atoms with Gasteiger partial charge in [-0.2, -0.15) is 0 Å². The second kappa shape index (κ2) is 6.24. The summed E-state index contributed by atoms with van der Waals surface area (Å²) in [6, 6.07) is 0. The highest BCUT2D eigenvalue weighted by atomic mass is 14.0. The number of hydrogen-bond donors (Lipinski definition) is 0. The van der Waals surface area contributed by atoms with Crippen molar-refractivity contribution in [1.29, 1.82) is 0 Å². The van der Waals surface area contributed by atoms with Crippen molar-refractivity contribution >= 4 is 0 Å². The lowest BCUT2D eigenvalue weighted by molar-refractivity contribution is 0.606. The Labute approximate surface area is 71.0 Å². The molecule has 0 aliphatic heterocycles. The number of hydrogen-bond acceptors (Lipinski definition) is 0. The van der Waals surface area contributed by atoms with Gasteiger partial charge in [-0.15, -0.1) is 5.73 Å². The summed E-state index contributed by atoms with van der Waals surface area (Å²) >= 11 is 0. The summed E-state index contributed by atoms with van der Waals surface area (Å²) in [4.78, 5) is 0. The van der Waals surface area contributed by atoms with Crippen LogP contribution in [0.25, 0.3) is 0 Å². The zero-order valence-electron chi connectivity index (χ0n) is 8.22. The van der Waals surface area contributed by atoms with E-state index in [9.17, 15) is 0 Å².